The number of amides is 1. The van der Waals surface area contributed by atoms with Crippen LogP contribution in [0.1, 0.15) is 54.6 Å². The number of hydrogen-bond donors (Lipinski definition) is 2. The standard InChI is InChI=1S/C19H25N3O/c1-5-9-21-16-10-15(11-20-12-16)19(23)22-18-14(4)7-6-8-17(18)13(2)3/h6-8,10-13,21H,5,9H2,1-4H3,(H,22,23). The molecule has 0 atom stereocenters. The van der Waals surface area contributed by atoms with Gasteiger partial charge in [-0.3, -0.25) is 9.78 Å². The third-order valence-corrected chi connectivity index (χ3v) is 3.75. The van der Waals surface area contributed by atoms with E-state index in [1.54, 1.807) is 12.4 Å². The van der Waals surface area contributed by atoms with Crippen molar-refractivity contribution in [1.29, 1.82) is 0 Å². The zero-order valence-electron chi connectivity index (χ0n) is 14.3. The summed E-state index contributed by atoms with van der Waals surface area (Å²) in [4.78, 5) is 16.7. The molecule has 0 spiro atoms. The molecular formula is C19H25N3O. The monoisotopic (exact) mass is 311 g/mol. The Morgan fingerprint density at radius 1 is 1.26 bits per heavy atom. The van der Waals surface area contributed by atoms with Crippen LogP contribution in [-0.4, -0.2) is 17.4 Å². The van der Waals surface area contributed by atoms with Gasteiger partial charge in [0.25, 0.3) is 5.91 Å². The first-order valence-corrected chi connectivity index (χ1v) is 8.12. The number of carbonyl (C=O) groups excluding carboxylic acids is 1. The summed E-state index contributed by atoms with van der Waals surface area (Å²) in [6, 6.07) is 7.94. The molecule has 0 aliphatic rings. The van der Waals surface area contributed by atoms with Crippen LogP contribution in [0.25, 0.3) is 0 Å². The Morgan fingerprint density at radius 2 is 2.04 bits per heavy atom. The van der Waals surface area contributed by atoms with Gasteiger partial charge in [0.15, 0.2) is 0 Å². The Hall–Kier alpha value is -2.36. The lowest BCUT2D eigenvalue weighted by Crippen LogP contribution is -2.15. The van der Waals surface area contributed by atoms with Gasteiger partial charge in [0.2, 0.25) is 0 Å². The summed E-state index contributed by atoms with van der Waals surface area (Å²) < 4.78 is 0. The highest BCUT2D eigenvalue weighted by atomic mass is 16.1. The van der Waals surface area contributed by atoms with Gasteiger partial charge in [-0.15, -0.1) is 0 Å². The molecule has 0 aliphatic heterocycles. The van der Waals surface area contributed by atoms with Gasteiger partial charge in [0.05, 0.1) is 11.3 Å². The summed E-state index contributed by atoms with van der Waals surface area (Å²) >= 11 is 0. The van der Waals surface area contributed by atoms with Crippen LogP contribution in [-0.2, 0) is 0 Å². The van der Waals surface area contributed by atoms with E-state index < -0.39 is 0 Å². The minimum Gasteiger partial charge on any atom is -0.384 e. The first-order valence-electron chi connectivity index (χ1n) is 8.12. The quantitative estimate of drug-likeness (QED) is 0.820. The number of nitrogens with one attached hydrogen (secondary N) is 2. The Labute approximate surface area is 138 Å². The molecule has 1 heterocycles. The molecule has 1 aromatic heterocycles. The van der Waals surface area contributed by atoms with Crippen molar-refractivity contribution in [2.75, 3.05) is 17.2 Å². The van der Waals surface area contributed by atoms with E-state index in [1.165, 1.54) is 0 Å². The molecule has 0 saturated carbocycles. The molecule has 1 aromatic carbocycles. The summed E-state index contributed by atoms with van der Waals surface area (Å²) in [5, 5.41) is 6.30. The zero-order valence-corrected chi connectivity index (χ0v) is 14.3. The van der Waals surface area contributed by atoms with Gasteiger partial charge in [-0.25, -0.2) is 0 Å². The highest BCUT2D eigenvalue weighted by Gasteiger charge is 2.14. The molecule has 2 rings (SSSR count). The van der Waals surface area contributed by atoms with E-state index in [0.717, 1.165) is 35.5 Å². The Kier molecular flexibility index (Phi) is 5.74. The van der Waals surface area contributed by atoms with Gasteiger partial charge in [0, 0.05) is 24.6 Å². The number of benzene rings is 1. The minimum absolute atomic E-state index is 0.131. The maximum absolute atomic E-state index is 12.6. The molecule has 0 unspecified atom stereocenters. The number of pyridine rings is 1. The number of anilines is 2. The number of rotatable bonds is 6. The van der Waals surface area contributed by atoms with Gasteiger partial charge in [0.1, 0.15) is 0 Å². The van der Waals surface area contributed by atoms with Crippen molar-refractivity contribution in [3.05, 3.63) is 53.3 Å². The van der Waals surface area contributed by atoms with E-state index in [2.05, 4.69) is 42.5 Å². The first-order chi connectivity index (χ1) is 11.0. The number of aryl methyl sites for hydroxylation is 1. The first kappa shape index (κ1) is 17.0. The van der Waals surface area contributed by atoms with Gasteiger partial charge < -0.3 is 10.6 Å². The average molecular weight is 311 g/mol. The van der Waals surface area contributed by atoms with E-state index >= 15 is 0 Å². The van der Waals surface area contributed by atoms with Crippen molar-refractivity contribution < 1.29 is 4.79 Å². The molecule has 0 aliphatic carbocycles. The van der Waals surface area contributed by atoms with E-state index in [4.69, 9.17) is 0 Å². The number of nitrogens with zero attached hydrogens (tertiary/aromatic N) is 1. The van der Waals surface area contributed by atoms with Crippen molar-refractivity contribution in [1.82, 2.24) is 4.98 Å². The Morgan fingerprint density at radius 3 is 2.74 bits per heavy atom. The summed E-state index contributed by atoms with van der Waals surface area (Å²) in [6.45, 7) is 9.23. The summed E-state index contributed by atoms with van der Waals surface area (Å²) in [6.07, 6.45) is 4.36. The van der Waals surface area contributed by atoms with Crippen LogP contribution >= 0.6 is 0 Å². The maximum Gasteiger partial charge on any atom is 0.257 e. The third kappa shape index (κ3) is 4.31. The highest BCUT2D eigenvalue weighted by molar-refractivity contribution is 6.05. The number of aromatic nitrogens is 1. The Balaban J connectivity index is 2.23. The molecule has 2 aromatic rings. The number of hydrogen-bond acceptors (Lipinski definition) is 3. The molecule has 0 fully saturated rings. The van der Waals surface area contributed by atoms with E-state index in [1.807, 2.05) is 25.1 Å². The van der Waals surface area contributed by atoms with Crippen LogP contribution in [0.4, 0.5) is 11.4 Å². The smallest absolute Gasteiger partial charge is 0.257 e. The van der Waals surface area contributed by atoms with Crippen LogP contribution in [0.3, 0.4) is 0 Å². The van der Waals surface area contributed by atoms with Crippen LogP contribution in [0.5, 0.6) is 0 Å². The second-order valence-corrected chi connectivity index (χ2v) is 6.04. The second kappa shape index (κ2) is 7.77. The molecule has 0 bridgehead atoms. The summed E-state index contributed by atoms with van der Waals surface area (Å²) in [5.74, 6) is 0.217. The average Bonchev–Trinajstić information content (AvgIpc) is 2.54. The summed E-state index contributed by atoms with van der Waals surface area (Å²) in [7, 11) is 0. The normalized spacial score (nSPS) is 10.7. The minimum atomic E-state index is -0.131. The third-order valence-electron chi connectivity index (χ3n) is 3.75. The second-order valence-electron chi connectivity index (χ2n) is 6.04. The van der Waals surface area contributed by atoms with E-state index in [-0.39, 0.29) is 5.91 Å². The van der Waals surface area contributed by atoms with Crippen LogP contribution < -0.4 is 10.6 Å². The topological polar surface area (TPSA) is 54.0 Å². The highest BCUT2D eigenvalue weighted by Crippen LogP contribution is 2.27. The fourth-order valence-electron chi connectivity index (χ4n) is 2.46. The van der Waals surface area contributed by atoms with Crippen molar-refractivity contribution >= 4 is 17.3 Å². The SMILES string of the molecule is CCCNc1cncc(C(=O)Nc2c(C)cccc2C(C)C)c1. The van der Waals surface area contributed by atoms with Gasteiger partial charge in [-0.2, -0.15) is 0 Å². The van der Waals surface area contributed by atoms with Crippen molar-refractivity contribution in [3.63, 3.8) is 0 Å². The van der Waals surface area contributed by atoms with Crippen molar-refractivity contribution in [2.45, 2.75) is 40.0 Å². The number of carbonyl (C=O) groups is 1. The zero-order chi connectivity index (χ0) is 16.8. The van der Waals surface area contributed by atoms with Crippen LogP contribution in [0.2, 0.25) is 0 Å². The predicted octanol–water partition coefficient (Wildman–Crippen LogP) is 4.59. The Bertz CT molecular complexity index is 680. The largest absolute Gasteiger partial charge is 0.384 e. The predicted molar refractivity (Wildman–Crippen MR) is 96.2 cm³/mol. The van der Waals surface area contributed by atoms with Gasteiger partial charge in [-0.05, 0) is 36.5 Å². The van der Waals surface area contributed by atoms with Crippen molar-refractivity contribution in [2.24, 2.45) is 0 Å². The summed E-state index contributed by atoms with van der Waals surface area (Å²) in [5.41, 5.74) is 4.54. The van der Waals surface area contributed by atoms with Gasteiger partial charge in [-0.1, -0.05) is 39.0 Å². The fourth-order valence-corrected chi connectivity index (χ4v) is 2.46. The lowest BCUT2D eigenvalue weighted by Gasteiger charge is -2.16. The molecule has 4 nitrogen and oxygen atoms in total. The molecule has 0 saturated heterocycles. The van der Waals surface area contributed by atoms with E-state index in [0.29, 0.717) is 11.5 Å². The molecule has 122 valence electrons. The maximum atomic E-state index is 12.6. The molecule has 23 heavy (non-hydrogen) atoms. The lowest BCUT2D eigenvalue weighted by molar-refractivity contribution is 0.102. The molecule has 0 radical (unpaired) electrons. The molecule has 4 heteroatoms. The van der Waals surface area contributed by atoms with Crippen LogP contribution in [0.15, 0.2) is 36.7 Å². The molecule has 1 amide bonds. The van der Waals surface area contributed by atoms with Crippen LogP contribution in [0, 0.1) is 6.92 Å². The fraction of sp³-hybridized carbons (Fsp3) is 0.368. The number of para-hydroxylation sites is 1. The van der Waals surface area contributed by atoms with Crippen molar-refractivity contribution in [3.8, 4) is 0 Å². The van der Waals surface area contributed by atoms with E-state index in [9.17, 15) is 4.79 Å². The lowest BCUT2D eigenvalue weighted by atomic mass is 9.98. The van der Waals surface area contributed by atoms with Gasteiger partial charge >= 0.3 is 0 Å². The molecule has 2 N–H and O–H groups in total. The molecular weight excluding hydrogens is 286 g/mol.